The first-order chi connectivity index (χ1) is 16.8. The number of alkyl halides is 2. The standard InChI is InChI=1S/C29H30F3N3/c1-3-24(14-7-9-18-28(2,31)32)29(27-17-8-10-19-33-27,21-23-12-5-4-6-13-23)35-22-34-26-16-11-15-25(30)20-26/h3-17,19-20,34-35H,1,18,21-22H2,2H3/b9-7-,24-14+. The van der Waals surface area contributed by atoms with Crippen molar-refractivity contribution in [2.75, 3.05) is 12.0 Å². The summed E-state index contributed by atoms with van der Waals surface area (Å²) in [5.74, 6) is -3.12. The maximum atomic E-state index is 13.7. The Bertz CT molecular complexity index is 1140. The number of halogens is 3. The molecule has 0 aliphatic carbocycles. The van der Waals surface area contributed by atoms with E-state index in [-0.39, 0.29) is 18.9 Å². The highest BCUT2D eigenvalue weighted by Gasteiger charge is 2.36. The molecule has 2 aromatic carbocycles. The van der Waals surface area contributed by atoms with Crippen molar-refractivity contribution in [1.82, 2.24) is 10.3 Å². The normalized spacial score (nSPS) is 14.0. The predicted octanol–water partition coefficient (Wildman–Crippen LogP) is 7.03. The van der Waals surface area contributed by atoms with Crippen molar-refractivity contribution in [3.05, 3.63) is 133 Å². The lowest BCUT2D eigenvalue weighted by atomic mass is 9.79. The topological polar surface area (TPSA) is 37.0 Å². The van der Waals surface area contributed by atoms with Gasteiger partial charge in [0.25, 0.3) is 0 Å². The summed E-state index contributed by atoms with van der Waals surface area (Å²) in [5, 5.41) is 6.76. The van der Waals surface area contributed by atoms with Crippen LogP contribution in [0.25, 0.3) is 0 Å². The first-order valence-electron chi connectivity index (χ1n) is 11.4. The Morgan fingerprint density at radius 1 is 1.03 bits per heavy atom. The summed E-state index contributed by atoms with van der Waals surface area (Å²) >= 11 is 0. The van der Waals surface area contributed by atoms with Gasteiger partial charge in [-0.2, -0.15) is 0 Å². The molecule has 0 aliphatic rings. The van der Waals surface area contributed by atoms with E-state index in [1.807, 2.05) is 48.5 Å². The lowest BCUT2D eigenvalue weighted by molar-refractivity contribution is 0.0255. The van der Waals surface area contributed by atoms with E-state index in [0.717, 1.165) is 23.8 Å². The molecule has 2 N–H and O–H groups in total. The molecule has 3 nitrogen and oxygen atoms in total. The van der Waals surface area contributed by atoms with Gasteiger partial charge in [-0.1, -0.05) is 73.3 Å². The second-order valence-corrected chi connectivity index (χ2v) is 8.35. The summed E-state index contributed by atoms with van der Waals surface area (Å²) in [6.45, 7) is 5.19. The highest BCUT2D eigenvalue weighted by Crippen LogP contribution is 2.33. The second kappa shape index (κ2) is 12.2. The minimum absolute atomic E-state index is 0.286. The fourth-order valence-electron chi connectivity index (χ4n) is 3.84. The minimum atomic E-state index is -2.78. The Morgan fingerprint density at radius 2 is 1.80 bits per heavy atom. The van der Waals surface area contributed by atoms with Gasteiger partial charge in [0, 0.05) is 24.7 Å². The van der Waals surface area contributed by atoms with E-state index >= 15 is 0 Å². The summed E-state index contributed by atoms with van der Waals surface area (Å²) in [4.78, 5) is 4.64. The zero-order valence-corrected chi connectivity index (χ0v) is 19.7. The van der Waals surface area contributed by atoms with Crippen LogP contribution in [-0.4, -0.2) is 17.6 Å². The SMILES string of the molecule is C=C/C(=C\C=C/CC(C)(F)F)C(Cc1ccccc1)(NCNc1cccc(F)c1)c1ccccn1. The highest BCUT2D eigenvalue weighted by molar-refractivity contribution is 5.45. The predicted molar refractivity (Wildman–Crippen MR) is 137 cm³/mol. The van der Waals surface area contributed by atoms with Crippen LogP contribution in [0.1, 0.15) is 24.6 Å². The van der Waals surface area contributed by atoms with Crippen molar-refractivity contribution < 1.29 is 13.2 Å². The third kappa shape index (κ3) is 7.69. The van der Waals surface area contributed by atoms with Crippen molar-refractivity contribution in [3.8, 4) is 0 Å². The molecule has 35 heavy (non-hydrogen) atoms. The van der Waals surface area contributed by atoms with Crippen LogP contribution in [0.5, 0.6) is 0 Å². The van der Waals surface area contributed by atoms with E-state index in [2.05, 4.69) is 22.2 Å². The summed E-state index contributed by atoms with van der Waals surface area (Å²) in [7, 11) is 0. The number of hydrogen-bond acceptors (Lipinski definition) is 3. The first kappa shape index (κ1) is 26.0. The third-order valence-corrected chi connectivity index (χ3v) is 5.52. The van der Waals surface area contributed by atoms with Gasteiger partial charge in [0.15, 0.2) is 0 Å². The molecule has 0 saturated heterocycles. The van der Waals surface area contributed by atoms with Crippen molar-refractivity contribution >= 4 is 5.69 Å². The molecule has 0 bridgehead atoms. The van der Waals surface area contributed by atoms with Crippen LogP contribution >= 0.6 is 0 Å². The van der Waals surface area contributed by atoms with Crippen molar-refractivity contribution in [2.24, 2.45) is 0 Å². The van der Waals surface area contributed by atoms with Crippen LogP contribution in [0.2, 0.25) is 0 Å². The molecule has 182 valence electrons. The van der Waals surface area contributed by atoms with Gasteiger partial charge in [-0.25, -0.2) is 13.2 Å². The zero-order valence-electron chi connectivity index (χ0n) is 19.7. The lowest BCUT2D eigenvalue weighted by Gasteiger charge is -2.36. The molecule has 3 rings (SSSR count). The molecule has 0 fully saturated rings. The van der Waals surface area contributed by atoms with Crippen LogP contribution in [0, 0.1) is 5.82 Å². The summed E-state index contributed by atoms with van der Waals surface area (Å²) in [6, 6.07) is 21.8. The van der Waals surface area contributed by atoms with Gasteiger partial charge in [-0.15, -0.1) is 0 Å². The van der Waals surface area contributed by atoms with E-state index in [1.165, 1.54) is 18.2 Å². The summed E-state index contributed by atoms with van der Waals surface area (Å²) in [5.41, 5.74) is 2.33. The molecule has 0 aliphatic heterocycles. The van der Waals surface area contributed by atoms with Crippen LogP contribution in [0.4, 0.5) is 18.9 Å². The van der Waals surface area contributed by atoms with Crippen LogP contribution in [-0.2, 0) is 12.0 Å². The van der Waals surface area contributed by atoms with E-state index in [1.54, 1.807) is 36.6 Å². The number of pyridine rings is 1. The maximum absolute atomic E-state index is 13.7. The number of hydrogen-bond donors (Lipinski definition) is 2. The molecular formula is C29H30F3N3. The van der Waals surface area contributed by atoms with Crippen LogP contribution in [0.15, 0.2) is 115 Å². The van der Waals surface area contributed by atoms with E-state index in [4.69, 9.17) is 0 Å². The number of aromatic nitrogens is 1. The summed E-state index contributed by atoms with van der Waals surface area (Å²) in [6.07, 6.45) is 8.43. The van der Waals surface area contributed by atoms with E-state index < -0.39 is 11.5 Å². The fraction of sp³-hybridized carbons (Fsp3) is 0.207. The van der Waals surface area contributed by atoms with E-state index in [9.17, 15) is 13.2 Å². The van der Waals surface area contributed by atoms with Gasteiger partial charge in [0.05, 0.1) is 17.9 Å². The molecule has 0 radical (unpaired) electrons. The van der Waals surface area contributed by atoms with Gasteiger partial charge >= 0.3 is 0 Å². The Balaban J connectivity index is 2.02. The molecule has 1 unspecified atom stereocenters. The largest absolute Gasteiger partial charge is 0.372 e. The Morgan fingerprint density at radius 3 is 2.46 bits per heavy atom. The zero-order chi connectivity index (χ0) is 25.2. The molecule has 1 aromatic heterocycles. The number of anilines is 1. The minimum Gasteiger partial charge on any atom is -0.372 e. The van der Waals surface area contributed by atoms with Crippen LogP contribution < -0.4 is 10.6 Å². The molecule has 1 heterocycles. The molecule has 0 spiro atoms. The van der Waals surface area contributed by atoms with E-state index in [0.29, 0.717) is 12.1 Å². The summed E-state index contributed by atoms with van der Waals surface area (Å²) < 4.78 is 40.3. The number of allylic oxidation sites excluding steroid dienone is 3. The van der Waals surface area contributed by atoms with Gasteiger partial charge in [0.2, 0.25) is 5.92 Å². The Labute approximate surface area is 205 Å². The number of nitrogens with zero attached hydrogens (tertiary/aromatic N) is 1. The fourth-order valence-corrected chi connectivity index (χ4v) is 3.84. The molecule has 1 atom stereocenters. The Kier molecular flexibility index (Phi) is 9.04. The lowest BCUT2D eigenvalue weighted by Crippen LogP contribution is -2.48. The molecular weight excluding hydrogens is 447 g/mol. The quantitative estimate of drug-likeness (QED) is 0.217. The monoisotopic (exact) mass is 477 g/mol. The van der Waals surface area contributed by atoms with Gasteiger partial charge in [-0.05, 0) is 48.4 Å². The number of benzene rings is 2. The van der Waals surface area contributed by atoms with Gasteiger partial charge in [-0.3, -0.25) is 10.3 Å². The molecule has 0 amide bonds. The van der Waals surface area contributed by atoms with Gasteiger partial charge in [0.1, 0.15) is 5.82 Å². The van der Waals surface area contributed by atoms with Gasteiger partial charge < -0.3 is 5.32 Å². The first-order valence-corrected chi connectivity index (χ1v) is 11.4. The molecule has 6 heteroatoms. The smallest absolute Gasteiger partial charge is 0.248 e. The van der Waals surface area contributed by atoms with Crippen molar-refractivity contribution in [1.29, 1.82) is 0 Å². The van der Waals surface area contributed by atoms with Crippen LogP contribution in [0.3, 0.4) is 0 Å². The third-order valence-electron chi connectivity index (χ3n) is 5.52. The molecule has 0 saturated carbocycles. The number of nitrogens with one attached hydrogen (secondary N) is 2. The number of rotatable bonds is 12. The average Bonchev–Trinajstić information content (AvgIpc) is 2.84. The highest BCUT2D eigenvalue weighted by atomic mass is 19.3. The molecule has 3 aromatic rings. The van der Waals surface area contributed by atoms with Crippen molar-refractivity contribution in [2.45, 2.75) is 31.2 Å². The second-order valence-electron chi connectivity index (χ2n) is 8.35. The van der Waals surface area contributed by atoms with Crippen molar-refractivity contribution in [3.63, 3.8) is 0 Å². The average molecular weight is 478 g/mol. The Hall–Kier alpha value is -3.64. The maximum Gasteiger partial charge on any atom is 0.248 e.